The van der Waals surface area contributed by atoms with Crippen LogP contribution in [0.3, 0.4) is 0 Å². The summed E-state index contributed by atoms with van der Waals surface area (Å²) in [5.41, 5.74) is 2.63. The number of nitrogens with one attached hydrogen (secondary N) is 1. The Hall–Kier alpha value is -2.95. The van der Waals surface area contributed by atoms with Crippen LogP contribution in [0.25, 0.3) is 10.8 Å². The number of carbonyl (C=O) groups excluding carboxylic acids is 1. The number of benzene rings is 2. The molecule has 0 aliphatic carbocycles. The van der Waals surface area contributed by atoms with Gasteiger partial charge in [-0.15, -0.1) is 0 Å². The van der Waals surface area contributed by atoms with E-state index in [4.69, 9.17) is 0 Å². The molecular weight excluding hydrogens is 302 g/mol. The SMILES string of the molecule is CCc1cccc(C)c1NC(=O)Cn1ncc2ccccc2c1=O. The summed E-state index contributed by atoms with van der Waals surface area (Å²) in [5, 5.41) is 8.34. The predicted octanol–water partition coefficient (Wildman–Crippen LogP) is 2.91. The van der Waals surface area contributed by atoms with Crippen LogP contribution in [-0.4, -0.2) is 15.7 Å². The number of aryl methyl sites for hydroxylation is 2. The highest BCUT2D eigenvalue weighted by atomic mass is 16.2. The Morgan fingerprint density at radius 3 is 2.75 bits per heavy atom. The maximum Gasteiger partial charge on any atom is 0.275 e. The molecule has 0 saturated carbocycles. The van der Waals surface area contributed by atoms with Crippen LogP contribution in [0.1, 0.15) is 18.1 Å². The van der Waals surface area contributed by atoms with E-state index >= 15 is 0 Å². The summed E-state index contributed by atoms with van der Waals surface area (Å²) in [5.74, 6) is -0.260. The molecule has 0 unspecified atom stereocenters. The van der Waals surface area contributed by atoms with Crippen LogP contribution in [0, 0.1) is 6.92 Å². The summed E-state index contributed by atoms with van der Waals surface area (Å²) >= 11 is 0. The fraction of sp³-hybridized carbons (Fsp3) is 0.211. The standard InChI is InChI=1S/C19H19N3O2/c1-3-14-9-6-7-13(2)18(14)21-17(23)12-22-19(24)16-10-5-4-8-15(16)11-20-22/h4-11H,3,12H2,1-2H3,(H,21,23). The van der Waals surface area contributed by atoms with Gasteiger partial charge in [0.15, 0.2) is 0 Å². The van der Waals surface area contributed by atoms with Gasteiger partial charge in [-0.2, -0.15) is 5.10 Å². The fourth-order valence-corrected chi connectivity index (χ4v) is 2.76. The number of hydrogen-bond acceptors (Lipinski definition) is 3. The second-order valence-corrected chi connectivity index (χ2v) is 5.71. The van der Waals surface area contributed by atoms with Crippen molar-refractivity contribution in [2.45, 2.75) is 26.8 Å². The van der Waals surface area contributed by atoms with Crippen LogP contribution in [0.4, 0.5) is 5.69 Å². The van der Waals surface area contributed by atoms with Gasteiger partial charge in [-0.3, -0.25) is 9.59 Å². The minimum atomic E-state index is -0.260. The van der Waals surface area contributed by atoms with E-state index in [9.17, 15) is 9.59 Å². The maximum absolute atomic E-state index is 12.4. The molecule has 0 radical (unpaired) electrons. The first kappa shape index (κ1) is 15.9. The lowest BCUT2D eigenvalue weighted by molar-refractivity contribution is -0.117. The number of para-hydroxylation sites is 1. The van der Waals surface area contributed by atoms with E-state index < -0.39 is 0 Å². The minimum Gasteiger partial charge on any atom is -0.324 e. The Bertz CT molecular complexity index is 960. The highest BCUT2D eigenvalue weighted by Gasteiger charge is 2.11. The third kappa shape index (κ3) is 3.06. The topological polar surface area (TPSA) is 64.0 Å². The molecule has 0 aliphatic heterocycles. The van der Waals surface area contributed by atoms with Gasteiger partial charge in [-0.1, -0.05) is 43.3 Å². The molecule has 1 amide bonds. The molecule has 0 spiro atoms. The smallest absolute Gasteiger partial charge is 0.275 e. The molecule has 2 aromatic carbocycles. The third-order valence-corrected chi connectivity index (χ3v) is 4.06. The molecule has 1 N–H and O–H groups in total. The number of hydrogen-bond donors (Lipinski definition) is 1. The Morgan fingerprint density at radius 1 is 1.17 bits per heavy atom. The molecule has 0 saturated heterocycles. The van der Waals surface area contributed by atoms with Gasteiger partial charge in [-0.25, -0.2) is 4.68 Å². The van der Waals surface area contributed by atoms with E-state index in [2.05, 4.69) is 10.4 Å². The van der Waals surface area contributed by atoms with Crippen LogP contribution in [0.2, 0.25) is 0 Å². The fourth-order valence-electron chi connectivity index (χ4n) is 2.76. The van der Waals surface area contributed by atoms with E-state index in [1.54, 1.807) is 18.3 Å². The van der Waals surface area contributed by atoms with Gasteiger partial charge in [0.25, 0.3) is 5.56 Å². The van der Waals surface area contributed by atoms with Crippen LogP contribution in [0.15, 0.2) is 53.5 Å². The summed E-state index contributed by atoms with van der Waals surface area (Å²) in [6.45, 7) is 3.89. The Morgan fingerprint density at radius 2 is 1.96 bits per heavy atom. The molecule has 0 bridgehead atoms. The Kier molecular flexibility index (Phi) is 4.42. The van der Waals surface area contributed by atoms with Crippen molar-refractivity contribution in [3.63, 3.8) is 0 Å². The van der Waals surface area contributed by atoms with Crippen LogP contribution >= 0.6 is 0 Å². The molecule has 0 aliphatic rings. The van der Waals surface area contributed by atoms with Gasteiger partial charge in [0.2, 0.25) is 5.91 Å². The van der Waals surface area contributed by atoms with E-state index in [0.29, 0.717) is 5.39 Å². The average molecular weight is 321 g/mol. The molecule has 1 heterocycles. The highest BCUT2D eigenvalue weighted by molar-refractivity contribution is 5.92. The molecule has 122 valence electrons. The average Bonchev–Trinajstić information content (AvgIpc) is 2.59. The van der Waals surface area contributed by atoms with Crippen molar-refractivity contribution in [1.29, 1.82) is 0 Å². The lowest BCUT2D eigenvalue weighted by Crippen LogP contribution is -2.29. The highest BCUT2D eigenvalue weighted by Crippen LogP contribution is 2.21. The van der Waals surface area contributed by atoms with E-state index in [-0.39, 0.29) is 18.0 Å². The van der Waals surface area contributed by atoms with E-state index in [0.717, 1.165) is 28.6 Å². The van der Waals surface area contributed by atoms with Gasteiger partial charge in [0, 0.05) is 11.1 Å². The largest absolute Gasteiger partial charge is 0.324 e. The first-order chi connectivity index (χ1) is 11.6. The first-order valence-corrected chi connectivity index (χ1v) is 7.93. The summed E-state index contributed by atoms with van der Waals surface area (Å²) in [6, 6.07) is 13.1. The lowest BCUT2D eigenvalue weighted by Gasteiger charge is -2.13. The number of aromatic nitrogens is 2. The van der Waals surface area contributed by atoms with Crippen molar-refractivity contribution in [2.24, 2.45) is 0 Å². The van der Waals surface area contributed by atoms with Crippen molar-refractivity contribution >= 4 is 22.4 Å². The molecule has 24 heavy (non-hydrogen) atoms. The Labute approximate surface area is 139 Å². The maximum atomic E-state index is 12.4. The summed E-state index contributed by atoms with van der Waals surface area (Å²) in [7, 11) is 0. The van der Waals surface area contributed by atoms with Crippen LogP contribution < -0.4 is 10.9 Å². The predicted molar refractivity (Wildman–Crippen MR) is 95.2 cm³/mol. The molecule has 0 atom stereocenters. The van der Waals surface area contributed by atoms with Crippen LogP contribution in [-0.2, 0) is 17.8 Å². The zero-order valence-corrected chi connectivity index (χ0v) is 13.7. The summed E-state index contributed by atoms with van der Waals surface area (Å²) in [6.07, 6.45) is 2.43. The van der Waals surface area contributed by atoms with Gasteiger partial charge in [0.1, 0.15) is 6.54 Å². The molecule has 5 nitrogen and oxygen atoms in total. The summed E-state index contributed by atoms with van der Waals surface area (Å²) < 4.78 is 1.20. The van der Waals surface area contributed by atoms with E-state index in [1.165, 1.54) is 4.68 Å². The van der Waals surface area contributed by atoms with Crippen molar-refractivity contribution < 1.29 is 4.79 Å². The molecule has 3 rings (SSSR count). The normalized spacial score (nSPS) is 10.8. The van der Waals surface area contributed by atoms with Gasteiger partial charge in [0.05, 0.1) is 11.6 Å². The number of rotatable bonds is 4. The minimum absolute atomic E-state index is 0.110. The quantitative estimate of drug-likeness (QED) is 0.803. The van der Waals surface area contributed by atoms with E-state index in [1.807, 2.05) is 44.2 Å². The number of carbonyl (C=O) groups is 1. The number of anilines is 1. The van der Waals surface area contributed by atoms with Gasteiger partial charge < -0.3 is 5.32 Å². The van der Waals surface area contributed by atoms with Crippen molar-refractivity contribution in [3.05, 3.63) is 70.1 Å². The first-order valence-electron chi connectivity index (χ1n) is 7.93. The van der Waals surface area contributed by atoms with Crippen LogP contribution in [0.5, 0.6) is 0 Å². The van der Waals surface area contributed by atoms with Crippen molar-refractivity contribution in [3.8, 4) is 0 Å². The van der Waals surface area contributed by atoms with Crippen molar-refractivity contribution in [1.82, 2.24) is 9.78 Å². The van der Waals surface area contributed by atoms with Crippen molar-refractivity contribution in [2.75, 3.05) is 5.32 Å². The Balaban J connectivity index is 1.86. The monoisotopic (exact) mass is 321 g/mol. The molecule has 3 aromatic rings. The molecular formula is C19H19N3O2. The number of fused-ring (bicyclic) bond motifs is 1. The van der Waals surface area contributed by atoms with Gasteiger partial charge >= 0.3 is 0 Å². The molecule has 1 aromatic heterocycles. The zero-order valence-electron chi connectivity index (χ0n) is 13.7. The number of nitrogens with zero attached hydrogens (tertiary/aromatic N) is 2. The lowest BCUT2D eigenvalue weighted by atomic mass is 10.1. The molecule has 5 heteroatoms. The summed E-state index contributed by atoms with van der Waals surface area (Å²) in [4.78, 5) is 24.8. The second kappa shape index (κ2) is 6.66. The number of amides is 1. The zero-order chi connectivity index (χ0) is 17.1. The second-order valence-electron chi connectivity index (χ2n) is 5.71. The van der Waals surface area contributed by atoms with Gasteiger partial charge in [-0.05, 0) is 30.5 Å². The third-order valence-electron chi connectivity index (χ3n) is 4.06. The molecule has 0 fully saturated rings.